The Labute approximate surface area is 110 Å². The molecule has 2 heterocycles. The van der Waals surface area contributed by atoms with Gasteiger partial charge in [-0.05, 0) is 37.5 Å². The number of phenols is 1. The molecule has 19 heavy (non-hydrogen) atoms. The lowest BCUT2D eigenvalue weighted by molar-refractivity contribution is -0.0394. The molecular weight excluding hydrogens is 247 g/mol. The molecule has 1 aliphatic rings. The maximum Gasteiger partial charge on any atom is 0.150 e. The summed E-state index contributed by atoms with van der Waals surface area (Å²) in [4.78, 5) is 0. The predicted octanol–water partition coefficient (Wildman–Crippen LogP) is 3.09. The molecule has 1 atom stereocenters. The third-order valence-electron chi connectivity index (χ3n) is 3.32. The van der Waals surface area contributed by atoms with E-state index < -0.39 is 0 Å². The molecule has 0 radical (unpaired) electrons. The highest BCUT2D eigenvalue weighted by Crippen LogP contribution is 2.31. The van der Waals surface area contributed by atoms with E-state index in [1.165, 1.54) is 18.2 Å². The van der Waals surface area contributed by atoms with Crippen molar-refractivity contribution in [2.45, 2.75) is 25.5 Å². The average Bonchev–Trinajstić information content (AvgIpc) is 2.92. The van der Waals surface area contributed by atoms with Crippen LogP contribution in [0.4, 0.5) is 4.39 Å². The van der Waals surface area contributed by atoms with Crippen molar-refractivity contribution in [1.82, 2.24) is 9.78 Å². The highest BCUT2D eigenvalue weighted by atomic mass is 19.1. The molecule has 1 aromatic carbocycles. The second kappa shape index (κ2) is 5.01. The summed E-state index contributed by atoms with van der Waals surface area (Å²) in [7, 11) is 0. The van der Waals surface area contributed by atoms with Crippen molar-refractivity contribution in [3.8, 4) is 16.9 Å². The highest BCUT2D eigenvalue weighted by Gasteiger charge is 2.17. The molecule has 1 aromatic heterocycles. The lowest BCUT2D eigenvalue weighted by Gasteiger charge is -2.22. The van der Waals surface area contributed by atoms with E-state index in [1.54, 1.807) is 17.1 Å². The Hall–Kier alpha value is -1.88. The van der Waals surface area contributed by atoms with Crippen LogP contribution in [0.1, 0.15) is 25.5 Å². The van der Waals surface area contributed by atoms with Gasteiger partial charge in [0.15, 0.2) is 0 Å². The van der Waals surface area contributed by atoms with Crippen LogP contribution >= 0.6 is 0 Å². The molecule has 4 nitrogen and oxygen atoms in total. The van der Waals surface area contributed by atoms with Gasteiger partial charge in [-0.15, -0.1) is 0 Å². The van der Waals surface area contributed by atoms with E-state index in [-0.39, 0.29) is 17.8 Å². The third-order valence-corrected chi connectivity index (χ3v) is 3.32. The van der Waals surface area contributed by atoms with Crippen LogP contribution in [-0.4, -0.2) is 21.5 Å². The van der Waals surface area contributed by atoms with E-state index in [1.807, 2.05) is 0 Å². The number of aromatic hydroxyl groups is 1. The molecule has 1 aliphatic heterocycles. The zero-order valence-corrected chi connectivity index (χ0v) is 10.4. The van der Waals surface area contributed by atoms with E-state index in [4.69, 9.17) is 4.74 Å². The summed E-state index contributed by atoms with van der Waals surface area (Å²) in [5.74, 6) is -0.333. The van der Waals surface area contributed by atoms with Crippen LogP contribution in [0.2, 0.25) is 0 Å². The van der Waals surface area contributed by atoms with Crippen LogP contribution < -0.4 is 0 Å². The van der Waals surface area contributed by atoms with E-state index in [0.717, 1.165) is 25.9 Å². The number of aromatic nitrogens is 2. The molecule has 5 heteroatoms. The summed E-state index contributed by atoms with van der Waals surface area (Å²) >= 11 is 0. The molecule has 0 aliphatic carbocycles. The minimum absolute atomic E-state index is 0.0468. The number of ether oxygens (including phenoxy) is 1. The molecule has 0 saturated carbocycles. The Morgan fingerprint density at radius 1 is 1.37 bits per heavy atom. The molecule has 0 bridgehead atoms. The lowest BCUT2D eigenvalue weighted by atomic mass is 10.1. The quantitative estimate of drug-likeness (QED) is 0.904. The topological polar surface area (TPSA) is 47.3 Å². The second-order valence-electron chi connectivity index (χ2n) is 4.69. The fourth-order valence-corrected chi connectivity index (χ4v) is 2.31. The van der Waals surface area contributed by atoms with Crippen LogP contribution in [0.25, 0.3) is 11.1 Å². The molecule has 1 saturated heterocycles. The molecule has 0 amide bonds. The molecular formula is C14H15FN2O2. The maximum atomic E-state index is 13.2. The van der Waals surface area contributed by atoms with Crippen molar-refractivity contribution in [2.24, 2.45) is 0 Å². The van der Waals surface area contributed by atoms with E-state index in [0.29, 0.717) is 11.1 Å². The first-order valence-corrected chi connectivity index (χ1v) is 6.39. The van der Waals surface area contributed by atoms with Crippen LogP contribution in [0.5, 0.6) is 5.75 Å². The highest BCUT2D eigenvalue weighted by molar-refractivity contribution is 5.68. The minimum Gasteiger partial charge on any atom is -0.507 e. The third kappa shape index (κ3) is 2.46. The number of phenolic OH excluding ortho intramolecular Hbond substituents is 1. The van der Waals surface area contributed by atoms with Gasteiger partial charge in [-0.3, -0.25) is 0 Å². The SMILES string of the molecule is Oc1ccc(F)cc1-c1cnn(C2CCCCO2)c1. The number of rotatable bonds is 2. The van der Waals surface area contributed by atoms with Gasteiger partial charge in [0, 0.05) is 23.9 Å². The van der Waals surface area contributed by atoms with Crippen LogP contribution in [0.15, 0.2) is 30.6 Å². The van der Waals surface area contributed by atoms with Crippen molar-refractivity contribution in [2.75, 3.05) is 6.61 Å². The van der Waals surface area contributed by atoms with Gasteiger partial charge in [-0.25, -0.2) is 9.07 Å². The summed E-state index contributed by atoms with van der Waals surface area (Å²) < 4.78 is 20.6. The van der Waals surface area contributed by atoms with Gasteiger partial charge in [0.05, 0.1) is 6.20 Å². The van der Waals surface area contributed by atoms with Crippen LogP contribution in [0, 0.1) is 5.82 Å². The zero-order valence-electron chi connectivity index (χ0n) is 10.4. The van der Waals surface area contributed by atoms with E-state index in [2.05, 4.69) is 5.10 Å². The molecule has 1 unspecified atom stereocenters. The summed E-state index contributed by atoms with van der Waals surface area (Å²) in [6.07, 6.45) is 6.46. The standard InChI is InChI=1S/C14H15FN2O2/c15-11-4-5-13(18)12(7-11)10-8-16-17(9-10)14-3-1-2-6-19-14/h4-5,7-9,14,18H,1-3,6H2. The largest absolute Gasteiger partial charge is 0.507 e. The van der Waals surface area contributed by atoms with E-state index in [9.17, 15) is 9.50 Å². The number of nitrogens with zero attached hydrogens (tertiary/aromatic N) is 2. The van der Waals surface area contributed by atoms with Crippen LogP contribution in [-0.2, 0) is 4.74 Å². The minimum atomic E-state index is -0.380. The van der Waals surface area contributed by atoms with Gasteiger partial charge in [0.1, 0.15) is 17.8 Å². The summed E-state index contributed by atoms with van der Waals surface area (Å²) in [5.41, 5.74) is 1.13. The average molecular weight is 262 g/mol. The van der Waals surface area contributed by atoms with E-state index >= 15 is 0 Å². The van der Waals surface area contributed by atoms with Crippen molar-refractivity contribution >= 4 is 0 Å². The lowest BCUT2D eigenvalue weighted by Crippen LogP contribution is -2.18. The smallest absolute Gasteiger partial charge is 0.150 e. The maximum absolute atomic E-state index is 13.2. The van der Waals surface area contributed by atoms with Gasteiger partial charge < -0.3 is 9.84 Å². The number of benzene rings is 1. The van der Waals surface area contributed by atoms with Gasteiger partial charge >= 0.3 is 0 Å². The molecule has 2 aromatic rings. The zero-order chi connectivity index (χ0) is 13.2. The fraction of sp³-hybridized carbons (Fsp3) is 0.357. The molecule has 100 valence electrons. The number of hydrogen-bond acceptors (Lipinski definition) is 3. The first kappa shape index (κ1) is 12.2. The Morgan fingerprint density at radius 2 is 2.26 bits per heavy atom. The molecule has 3 rings (SSSR count). The second-order valence-corrected chi connectivity index (χ2v) is 4.69. The van der Waals surface area contributed by atoms with Gasteiger partial charge in [-0.2, -0.15) is 5.10 Å². The van der Waals surface area contributed by atoms with Gasteiger partial charge in [0.2, 0.25) is 0 Å². The number of hydrogen-bond donors (Lipinski definition) is 1. The first-order chi connectivity index (χ1) is 9.24. The van der Waals surface area contributed by atoms with Crippen molar-refractivity contribution in [3.63, 3.8) is 0 Å². The van der Waals surface area contributed by atoms with Crippen molar-refractivity contribution in [3.05, 3.63) is 36.4 Å². The summed E-state index contributed by atoms with van der Waals surface area (Å²) in [6, 6.07) is 3.88. The van der Waals surface area contributed by atoms with Crippen molar-refractivity contribution in [1.29, 1.82) is 0 Å². The summed E-state index contributed by atoms with van der Waals surface area (Å²) in [6.45, 7) is 0.741. The number of halogens is 1. The molecule has 1 fully saturated rings. The first-order valence-electron chi connectivity index (χ1n) is 6.39. The Balaban J connectivity index is 1.89. The van der Waals surface area contributed by atoms with Gasteiger partial charge in [-0.1, -0.05) is 0 Å². The van der Waals surface area contributed by atoms with Crippen molar-refractivity contribution < 1.29 is 14.2 Å². The molecule has 1 N–H and O–H groups in total. The fourth-order valence-electron chi connectivity index (χ4n) is 2.31. The Bertz CT molecular complexity index is 577. The monoisotopic (exact) mass is 262 g/mol. The Morgan fingerprint density at radius 3 is 3.05 bits per heavy atom. The van der Waals surface area contributed by atoms with Crippen LogP contribution in [0.3, 0.4) is 0 Å². The molecule has 0 spiro atoms. The predicted molar refractivity (Wildman–Crippen MR) is 68.1 cm³/mol. The Kier molecular flexibility index (Phi) is 3.21. The summed E-state index contributed by atoms with van der Waals surface area (Å²) in [5, 5.41) is 14.0. The normalized spacial score (nSPS) is 19.5. The van der Waals surface area contributed by atoms with Gasteiger partial charge in [0.25, 0.3) is 0 Å².